The van der Waals surface area contributed by atoms with Crippen LogP contribution in [0.2, 0.25) is 0 Å². The molecule has 4 rings (SSSR count). The fraction of sp³-hybridized carbons (Fsp3) is 0.333. The molecule has 11 heteroatoms. The van der Waals surface area contributed by atoms with Gasteiger partial charge in [-0.15, -0.1) is 32.8 Å². The van der Waals surface area contributed by atoms with Crippen molar-refractivity contribution in [2.24, 2.45) is 5.92 Å². The maximum Gasteiger partial charge on any atom is 0.573 e. The van der Waals surface area contributed by atoms with E-state index in [0.717, 1.165) is 29.8 Å². The third-order valence-electron chi connectivity index (χ3n) is 6.89. The van der Waals surface area contributed by atoms with Gasteiger partial charge in [0.15, 0.2) is 0 Å². The Morgan fingerprint density at radius 3 is 1.59 bits per heavy atom. The van der Waals surface area contributed by atoms with E-state index in [1.54, 1.807) is 0 Å². The molecule has 1 aliphatic rings. The smallest absolute Gasteiger partial charge is 0.481 e. The van der Waals surface area contributed by atoms with E-state index in [0.29, 0.717) is 38.2 Å². The number of hydrogen-bond acceptors (Lipinski definition) is 5. The molecule has 0 amide bonds. The lowest BCUT2D eigenvalue weighted by Crippen LogP contribution is -2.44. The highest BCUT2D eigenvalue weighted by Gasteiger charge is 2.42. The van der Waals surface area contributed by atoms with Gasteiger partial charge in [-0.2, -0.15) is 0 Å². The van der Waals surface area contributed by atoms with Gasteiger partial charge in [-0.1, -0.05) is 42.3 Å². The van der Waals surface area contributed by atoms with Crippen molar-refractivity contribution in [2.45, 2.75) is 37.7 Å². The number of aliphatic hydroxyl groups is 1. The first-order valence-corrected chi connectivity index (χ1v) is 12.7. The first-order valence-electron chi connectivity index (χ1n) is 12.7. The number of hydrogen-bond donors (Lipinski definition) is 1. The minimum atomic E-state index is -4.88. The number of alkyl halides is 6. The summed E-state index contributed by atoms with van der Waals surface area (Å²) in [6.45, 7) is 2.03. The fourth-order valence-electron chi connectivity index (χ4n) is 5.04. The molecule has 0 unspecified atom stereocenters. The van der Waals surface area contributed by atoms with Crippen molar-refractivity contribution >= 4 is 0 Å². The molecule has 1 aliphatic heterocycles. The lowest BCUT2D eigenvalue weighted by Gasteiger charge is -2.42. The van der Waals surface area contributed by atoms with E-state index in [-0.39, 0.29) is 23.7 Å². The van der Waals surface area contributed by atoms with Crippen molar-refractivity contribution < 1.29 is 45.7 Å². The van der Waals surface area contributed by atoms with Crippen molar-refractivity contribution in [1.82, 2.24) is 4.90 Å². The van der Waals surface area contributed by atoms with E-state index < -0.39 is 29.8 Å². The second-order valence-electron chi connectivity index (χ2n) is 9.60. The Kier molecular flexibility index (Phi) is 9.05. The number of halogens is 6. The number of nitrogens with zero attached hydrogens (tertiary/aromatic N) is 1. The molecule has 0 bridgehead atoms. The molecule has 1 heterocycles. The number of likely N-dealkylation sites (tertiary alicyclic amines) is 1. The molecule has 1 saturated heterocycles. The minimum Gasteiger partial charge on any atom is -0.481 e. The van der Waals surface area contributed by atoms with Crippen LogP contribution in [0.15, 0.2) is 72.8 Å². The predicted octanol–water partition coefficient (Wildman–Crippen LogP) is 6.64. The van der Waals surface area contributed by atoms with Crippen LogP contribution < -0.4 is 14.2 Å². The minimum absolute atomic E-state index is 0.173. The van der Waals surface area contributed by atoms with Crippen LogP contribution in [0.4, 0.5) is 26.3 Å². The summed E-state index contributed by atoms with van der Waals surface area (Å²) in [5.41, 5.74) is -0.0716. The molecular formula is C30H27F6NO4. The lowest BCUT2D eigenvalue weighted by atomic mass is 9.72. The maximum atomic E-state index is 12.7. The van der Waals surface area contributed by atoms with E-state index in [2.05, 4.69) is 20.3 Å². The van der Waals surface area contributed by atoms with Crippen LogP contribution in [0.3, 0.4) is 0 Å². The quantitative estimate of drug-likeness (QED) is 0.228. The largest absolute Gasteiger partial charge is 0.573 e. The van der Waals surface area contributed by atoms with E-state index in [9.17, 15) is 31.4 Å². The molecule has 0 atom stereocenters. The van der Waals surface area contributed by atoms with Gasteiger partial charge in [0.05, 0.1) is 0 Å². The zero-order valence-corrected chi connectivity index (χ0v) is 21.7. The number of ether oxygens (including phenoxy) is 3. The van der Waals surface area contributed by atoms with Crippen LogP contribution in [-0.4, -0.2) is 42.4 Å². The Hall–Kier alpha value is -3.88. The molecule has 3 aromatic carbocycles. The van der Waals surface area contributed by atoms with Gasteiger partial charge in [0, 0.05) is 6.54 Å². The standard InChI is InChI=1S/C30H27F6NO4/c1-2-19-39-25-9-3-21(4-10-25)20-37-17-15-24(16-18-37)28(38,22-5-11-26(12-6-22)40-29(31,32)33)23-7-13-27(14-8-23)41-30(34,35)36/h1,3-14,24,38H,15-20H2. The molecule has 0 spiro atoms. The second kappa shape index (κ2) is 12.3. The highest BCUT2D eigenvalue weighted by atomic mass is 19.4. The summed E-state index contributed by atoms with van der Waals surface area (Å²) in [5, 5.41) is 12.1. The van der Waals surface area contributed by atoms with E-state index >= 15 is 0 Å². The Morgan fingerprint density at radius 1 is 0.732 bits per heavy atom. The van der Waals surface area contributed by atoms with Crippen LogP contribution in [0, 0.1) is 18.3 Å². The van der Waals surface area contributed by atoms with Crippen LogP contribution in [0.25, 0.3) is 0 Å². The van der Waals surface area contributed by atoms with Gasteiger partial charge in [0.1, 0.15) is 29.5 Å². The molecule has 5 nitrogen and oxygen atoms in total. The zero-order chi connectivity index (χ0) is 29.7. The molecule has 0 radical (unpaired) electrons. The SMILES string of the molecule is C#CCOc1ccc(CN2CCC(C(O)(c3ccc(OC(F)(F)F)cc3)c3ccc(OC(F)(F)F)cc3)CC2)cc1. The fourth-order valence-corrected chi connectivity index (χ4v) is 5.04. The Morgan fingerprint density at radius 2 is 1.17 bits per heavy atom. The van der Waals surface area contributed by atoms with Gasteiger partial charge in [-0.3, -0.25) is 4.90 Å². The molecular weight excluding hydrogens is 552 g/mol. The maximum absolute atomic E-state index is 12.7. The zero-order valence-electron chi connectivity index (χ0n) is 21.7. The Labute approximate surface area is 233 Å². The average molecular weight is 580 g/mol. The van der Waals surface area contributed by atoms with Gasteiger partial charge in [0.25, 0.3) is 0 Å². The second-order valence-corrected chi connectivity index (χ2v) is 9.60. The monoisotopic (exact) mass is 579 g/mol. The molecule has 3 aromatic rings. The number of rotatable bonds is 9. The van der Waals surface area contributed by atoms with Crippen LogP contribution in [-0.2, 0) is 12.1 Å². The highest BCUT2D eigenvalue weighted by molar-refractivity contribution is 5.42. The molecule has 0 aliphatic carbocycles. The van der Waals surface area contributed by atoms with Crippen molar-refractivity contribution in [3.8, 4) is 29.6 Å². The Balaban J connectivity index is 1.53. The van der Waals surface area contributed by atoms with Gasteiger partial charge < -0.3 is 19.3 Å². The van der Waals surface area contributed by atoms with Gasteiger partial charge in [-0.25, -0.2) is 0 Å². The molecule has 218 valence electrons. The van der Waals surface area contributed by atoms with Crippen molar-refractivity contribution in [3.05, 3.63) is 89.5 Å². The summed E-state index contributed by atoms with van der Waals surface area (Å²) in [5.74, 6) is 1.77. The molecule has 1 fully saturated rings. The Bertz CT molecular complexity index is 1250. The first kappa shape index (κ1) is 30.1. The molecule has 41 heavy (non-hydrogen) atoms. The van der Waals surface area contributed by atoms with E-state index in [1.165, 1.54) is 24.3 Å². The van der Waals surface area contributed by atoms with Crippen LogP contribution in [0.1, 0.15) is 29.5 Å². The lowest BCUT2D eigenvalue weighted by molar-refractivity contribution is -0.275. The summed E-state index contributed by atoms with van der Waals surface area (Å²) >= 11 is 0. The average Bonchev–Trinajstić information content (AvgIpc) is 2.92. The number of benzene rings is 3. The summed E-state index contributed by atoms with van der Waals surface area (Å²) in [6, 6.07) is 17.2. The third kappa shape index (κ3) is 8.08. The molecule has 0 aromatic heterocycles. The van der Waals surface area contributed by atoms with Crippen LogP contribution >= 0.6 is 0 Å². The number of piperidine rings is 1. The normalized spacial score (nSPS) is 15.3. The van der Waals surface area contributed by atoms with E-state index in [4.69, 9.17) is 11.2 Å². The summed E-state index contributed by atoms with van der Waals surface area (Å²) in [4.78, 5) is 2.20. The van der Waals surface area contributed by atoms with Crippen molar-refractivity contribution in [1.29, 1.82) is 0 Å². The van der Waals surface area contributed by atoms with Crippen LogP contribution in [0.5, 0.6) is 17.2 Å². The first-order chi connectivity index (χ1) is 19.4. The predicted molar refractivity (Wildman–Crippen MR) is 138 cm³/mol. The van der Waals surface area contributed by atoms with E-state index in [1.807, 2.05) is 24.3 Å². The van der Waals surface area contributed by atoms with Gasteiger partial charge in [-0.05, 0) is 84.9 Å². The van der Waals surface area contributed by atoms with Gasteiger partial charge in [0.2, 0.25) is 0 Å². The summed E-state index contributed by atoms with van der Waals surface area (Å²) in [7, 11) is 0. The topological polar surface area (TPSA) is 51.2 Å². The molecule has 1 N–H and O–H groups in total. The highest BCUT2D eigenvalue weighted by Crippen LogP contribution is 2.43. The molecule has 0 saturated carbocycles. The van der Waals surface area contributed by atoms with Crippen molar-refractivity contribution in [2.75, 3.05) is 19.7 Å². The number of terminal acetylenes is 1. The van der Waals surface area contributed by atoms with Gasteiger partial charge >= 0.3 is 12.7 Å². The third-order valence-corrected chi connectivity index (χ3v) is 6.89. The van der Waals surface area contributed by atoms with Crippen molar-refractivity contribution in [3.63, 3.8) is 0 Å². The summed E-state index contributed by atoms with van der Waals surface area (Å²) in [6.07, 6.45) is -3.52. The summed E-state index contributed by atoms with van der Waals surface area (Å²) < 4.78 is 89.3.